The number of aryl methyl sites for hydroxylation is 1. The summed E-state index contributed by atoms with van der Waals surface area (Å²) >= 11 is 0. The predicted molar refractivity (Wildman–Crippen MR) is 70.3 cm³/mol. The van der Waals surface area contributed by atoms with Crippen molar-refractivity contribution in [3.8, 4) is 0 Å². The van der Waals surface area contributed by atoms with Gasteiger partial charge in [-0.15, -0.1) is 0 Å². The average Bonchev–Trinajstić information content (AvgIpc) is 2.61. The molecule has 0 saturated heterocycles. The van der Waals surface area contributed by atoms with Gasteiger partial charge >= 0.3 is 6.09 Å². The Hall–Kier alpha value is -1.52. The Kier molecular flexibility index (Phi) is 4.04. The van der Waals surface area contributed by atoms with E-state index in [-0.39, 0.29) is 0 Å². The van der Waals surface area contributed by atoms with Crippen LogP contribution in [0.3, 0.4) is 0 Å². The first kappa shape index (κ1) is 14.5. The number of nitrogens with zero attached hydrogens (tertiary/aromatic N) is 2. The largest absolute Gasteiger partial charge is 0.444 e. The van der Waals surface area contributed by atoms with Crippen LogP contribution in [0.25, 0.3) is 0 Å². The minimum atomic E-state index is -0.519. The number of carbonyl (C=O) groups is 1. The van der Waals surface area contributed by atoms with E-state index in [9.17, 15) is 4.79 Å². The molecule has 0 aliphatic rings. The van der Waals surface area contributed by atoms with E-state index in [0.717, 1.165) is 12.2 Å². The van der Waals surface area contributed by atoms with E-state index in [1.165, 1.54) is 0 Å². The fourth-order valence-corrected chi connectivity index (χ4v) is 1.72. The number of nitrogens with one attached hydrogen (secondary N) is 1. The summed E-state index contributed by atoms with van der Waals surface area (Å²) in [5, 5.41) is 2.87. The molecule has 1 amide bonds. The molecule has 1 rings (SSSR count). The monoisotopic (exact) mass is 253 g/mol. The van der Waals surface area contributed by atoms with Gasteiger partial charge in [-0.3, -0.25) is 0 Å². The maximum absolute atomic E-state index is 11.8. The van der Waals surface area contributed by atoms with Gasteiger partial charge in [-0.25, -0.2) is 9.78 Å². The van der Waals surface area contributed by atoms with E-state index in [1.807, 2.05) is 46.1 Å². The number of amides is 1. The van der Waals surface area contributed by atoms with Crippen molar-refractivity contribution in [2.24, 2.45) is 0 Å². The van der Waals surface area contributed by atoms with Crippen molar-refractivity contribution in [1.82, 2.24) is 14.9 Å². The van der Waals surface area contributed by atoms with E-state index in [1.54, 1.807) is 12.5 Å². The van der Waals surface area contributed by atoms with Crippen LogP contribution in [-0.2, 0) is 16.8 Å². The second-order valence-electron chi connectivity index (χ2n) is 5.82. The summed E-state index contributed by atoms with van der Waals surface area (Å²) in [7, 11) is 0. The average molecular weight is 253 g/mol. The summed E-state index contributed by atoms with van der Waals surface area (Å²) in [4.78, 5) is 15.9. The molecule has 0 atom stereocenters. The quantitative estimate of drug-likeness (QED) is 0.901. The van der Waals surface area contributed by atoms with Gasteiger partial charge in [0.15, 0.2) is 0 Å². The molecule has 1 aromatic rings. The van der Waals surface area contributed by atoms with Gasteiger partial charge < -0.3 is 14.6 Å². The standard InChI is InChI=1S/C13H23N3O2/c1-7-16-9-14-8-10(16)13(5,6)15-11(17)18-12(2,3)4/h8-9H,7H2,1-6H3,(H,15,17). The molecule has 0 fully saturated rings. The SMILES string of the molecule is CCn1cncc1C(C)(C)NC(=O)OC(C)(C)C. The Morgan fingerprint density at radius 2 is 2.00 bits per heavy atom. The normalized spacial score (nSPS) is 12.3. The summed E-state index contributed by atoms with van der Waals surface area (Å²) < 4.78 is 7.26. The van der Waals surface area contributed by atoms with Gasteiger partial charge in [0.25, 0.3) is 0 Å². The first-order valence-electron chi connectivity index (χ1n) is 6.17. The summed E-state index contributed by atoms with van der Waals surface area (Å²) in [5.41, 5.74) is -0.0594. The Bertz CT molecular complexity index is 416. The lowest BCUT2D eigenvalue weighted by Crippen LogP contribution is -2.44. The van der Waals surface area contributed by atoms with Crippen LogP contribution in [0, 0.1) is 0 Å². The first-order valence-corrected chi connectivity index (χ1v) is 6.17. The predicted octanol–water partition coefficient (Wildman–Crippen LogP) is 2.66. The van der Waals surface area contributed by atoms with Gasteiger partial charge in [0, 0.05) is 6.54 Å². The van der Waals surface area contributed by atoms with Crippen molar-refractivity contribution >= 4 is 6.09 Å². The van der Waals surface area contributed by atoms with Crippen LogP contribution < -0.4 is 5.32 Å². The lowest BCUT2D eigenvalue weighted by atomic mass is 10.0. The zero-order chi connectivity index (χ0) is 14.0. The first-order chi connectivity index (χ1) is 8.15. The lowest BCUT2D eigenvalue weighted by molar-refractivity contribution is 0.0466. The smallest absolute Gasteiger partial charge is 0.408 e. The van der Waals surface area contributed by atoms with Gasteiger partial charge in [-0.1, -0.05) is 0 Å². The topological polar surface area (TPSA) is 56.2 Å². The van der Waals surface area contributed by atoms with E-state index in [4.69, 9.17) is 4.74 Å². The molecular weight excluding hydrogens is 230 g/mol. The van der Waals surface area contributed by atoms with Crippen LogP contribution >= 0.6 is 0 Å². The fourth-order valence-electron chi connectivity index (χ4n) is 1.72. The molecule has 0 radical (unpaired) electrons. The maximum Gasteiger partial charge on any atom is 0.408 e. The molecular formula is C13H23N3O2. The van der Waals surface area contributed by atoms with Crippen molar-refractivity contribution < 1.29 is 9.53 Å². The van der Waals surface area contributed by atoms with Crippen molar-refractivity contribution in [3.63, 3.8) is 0 Å². The Balaban J connectivity index is 2.79. The maximum atomic E-state index is 11.8. The van der Waals surface area contributed by atoms with Crippen LogP contribution in [0.5, 0.6) is 0 Å². The van der Waals surface area contributed by atoms with Crippen LogP contribution in [0.4, 0.5) is 4.79 Å². The summed E-state index contributed by atoms with van der Waals surface area (Å²) in [5.74, 6) is 0. The van der Waals surface area contributed by atoms with E-state index in [2.05, 4.69) is 10.3 Å². The number of hydrogen-bond acceptors (Lipinski definition) is 3. The third kappa shape index (κ3) is 3.75. The Morgan fingerprint density at radius 1 is 1.39 bits per heavy atom. The molecule has 0 saturated carbocycles. The number of ether oxygens (including phenoxy) is 1. The molecule has 0 aliphatic heterocycles. The zero-order valence-corrected chi connectivity index (χ0v) is 12.1. The number of hydrogen-bond donors (Lipinski definition) is 1. The number of alkyl carbamates (subject to hydrolysis) is 1. The summed E-state index contributed by atoms with van der Waals surface area (Å²) in [6, 6.07) is 0. The fraction of sp³-hybridized carbons (Fsp3) is 0.692. The highest BCUT2D eigenvalue weighted by Gasteiger charge is 2.28. The molecule has 0 unspecified atom stereocenters. The zero-order valence-electron chi connectivity index (χ0n) is 12.1. The van der Waals surface area contributed by atoms with Gasteiger partial charge in [0.1, 0.15) is 5.60 Å². The highest BCUT2D eigenvalue weighted by molar-refractivity contribution is 5.68. The van der Waals surface area contributed by atoms with Crippen molar-refractivity contribution in [2.75, 3.05) is 0 Å². The van der Waals surface area contributed by atoms with E-state index in [0.29, 0.717) is 0 Å². The van der Waals surface area contributed by atoms with Crippen LogP contribution in [-0.4, -0.2) is 21.2 Å². The molecule has 0 aromatic carbocycles. The third-order valence-corrected chi connectivity index (χ3v) is 2.51. The minimum absolute atomic E-state index is 0.420. The molecule has 102 valence electrons. The number of carbonyl (C=O) groups excluding carboxylic acids is 1. The summed E-state index contributed by atoms with van der Waals surface area (Å²) in [6.07, 6.45) is 3.10. The van der Waals surface area contributed by atoms with Crippen molar-refractivity contribution in [2.45, 2.75) is 59.2 Å². The highest BCUT2D eigenvalue weighted by Crippen LogP contribution is 2.20. The second kappa shape index (κ2) is 5.00. The molecule has 1 aromatic heterocycles. The Labute approximate surface area is 109 Å². The summed E-state index contributed by atoms with van der Waals surface area (Å²) in [6.45, 7) is 12.2. The van der Waals surface area contributed by atoms with Crippen molar-refractivity contribution in [1.29, 1.82) is 0 Å². The van der Waals surface area contributed by atoms with Crippen LogP contribution in [0.15, 0.2) is 12.5 Å². The molecule has 1 N–H and O–H groups in total. The van der Waals surface area contributed by atoms with Gasteiger partial charge in [-0.05, 0) is 41.5 Å². The second-order valence-corrected chi connectivity index (χ2v) is 5.82. The van der Waals surface area contributed by atoms with Crippen LogP contribution in [0.1, 0.15) is 47.2 Å². The molecule has 0 bridgehead atoms. The van der Waals surface area contributed by atoms with Gasteiger partial charge in [-0.2, -0.15) is 0 Å². The number of imidazole rings is 1. The molecule has 0 aliphatic carbocycles. The van der Waals surface area contributed by atoms with E-state index < -0.39 is 17.2 Å². The molecule has 5 heteroatoms. The molecule has 0 spiro atoms. The minimum Gasteiger partial charge on any atom is -0.444 e. The van der Waals surface area contributed by atoms with Crippen molar-refractivity contribution in [3.05, 3.63) is 18.2 Å². The molecule has 18 heavy (non-hydrogen) atoms. The molecule has 1 heterocycles. The Morgan fingerprint density at radius 3 is 2.50 bits per heavy atom. The third-order valence-electron chi connectivity index (χ3n) is 2.51. The van der Waals surface area contributed by atoms with Crippen LogP contribution in [0.2, 0.25) is 0 Å². The van der Waals surface area contributed by atoms with Gasteiger partial charge in [0.05, 0.1) is 23.8 Å². The molecule has 5 nitrogen and oxygen atoms in total. The van der Waals surface area contributed by atoms with Gasteiger partial charge in [0.2, 0.25) is 0 Å². The lowest BCUT2D eigenvalue weighted by Gasteiger charge is -2.29. The number of aromatic nitrogens is 2. The number of rotatable bonds is 3. The van der Waals surface area contributed by atoms with E-state index >= 15 is 0 Å². The highest BCUT2D eigenvalue weighted by atomic mass is 16.6.